The van der Waals surface area contributed by atoms with Crippen molar-refractivity contribution in [2.24, 2.45) is 5.73 Å². The van der Waals surface area contributed by atoms with E-state index in [-0.39, 0.29) is 4.90 Å². The summed E-state index contributed by atoms with van der Waals surface area (Å²) >= 11 is 1.12. The molecule has 0 saturated heterocycles. The zero-order chi connectivity index (χ0) is 13.8. The van der Waals surface area contributed by atoms with Gasteiger partial charge in [0, 0.05) is 6.20 Å². The zero-order valence-corrected chi connectivity index (χ0v) is 11.3. The van der Waals surface area contributed by atoms with Crippen LogP contribution in [0.3, 0.4) is 0 Å². The van der Waals surface area contributed by atoms with Crippen molar-refractivity contribution in [3.8, 4) is 0 Å². The fourth-order valence-corrected chi connectivity index (χ4v) is 2.56. The molecule has 0 saturated carbocycles. The topological polar surface area (TPSA) is 38.9 Å². The third-order valence-electron chi connectivity index (χ3n) is 2.62. The minimum Gasteiger partial charge on any atom is -0.330 e. The number of aryl methyl sites for hydroxylation is 1. The van der Waals surface area contributed by atoms with E-state index in [1.807, 2.05) is 13.0 Å². The molecular formula is C14H14F2N2S. The highest BCUT2D eigenvalue weighted by atomic mass is 32.2. The van der Waals surface area contributed by atoms with Gasteiger partial charge in [0.15, 0.2) is 0 Å². The molecule has 2 aromatic rings. The molecule has 0 radical (unpaired) electrons. The maximum absolute atomic E-state index is 13.6. The molecule has 0 aliphatic rings. The molecule has 0 atom stereocenters. The first kappa shape index (κ1) is 14.0. The molecule has 2 nitrogen and oxygen atoms in total. The van der Waals surface area contributed by atoms with Gasteiger partial charge in [-0.25, -0.2) is 13.8 Å². The summed E-state index contributed by atoms with van der Waals surface area (Å²) in [5.41, 5.74) is 7.46. The molecule has 0 aliphatic carbocycles. The number of pyridine rings is 1. The number of aromatic nitrogens is 1. The van der Waals surface area contributed by atoms with Gasteiger partial charge in [0.05, 0.1) is 4.90 Å². The van der Waals surface area contributed by atoms with Crippen molar-refractivity contribution in [2.75, 3.05) is 6.54 Å². The van der Waals surface area contributed by atoms with E-state index in [4.69, 9.17) is 5.73 Å². The van der Waals surface area contributed by atoms with Crippen molar-refractivity contribution >= 4 is 11.8 Å². The van der Waals surface area contributed by atoms with E-state index in [0.29, 0.717) is 11.6 Å². The molecule has 2 N–H and O–H groups in total. The number of nitrogens with zero attached hydrogens (tertiary/aromatic N) is 1. The summed E-state index contributed by atoms with van der Waals surface area (Å²) in [6.45, 7) is 2.46. The van der Waals surface area contributed by atoms with E-state index in [0.717, 1.165) is 41.4 Å². The summed E-state index contributed by atoms with van der Waals surface area (Å²) < 4.78 is 26.7. The Balaban J connectivity index is 2.25. The van der Waals surface area contributed by atoms with Crippen molar-refractivity contribution in [3.63, 3.8) is 0 Å². The highest BCUT2D eigenvalue weighted by molar-refractivity contribution is 7.99. The molecule has 1 heterocycles. The first-order valence-corrected chi connectivity index (χ1v) is 6.70. The molecule has 1 aromatic carbocycles. The molecule has 0 spiro atoms. The summed E-state index contributed by atoms with van der Waals surface area (Å²) in [4.78, 5) is 4.52. The minimum atomic E-state index is -0.457. The predicted octanol–water partition coefficient (Wildman–Crippen LogP) is 3.32. The maximum atomic E-state index is 13.6. The van der Waals surface area contributed by atoms with Crippen LogP contribution < -0.4 is 5.73 Å². The summed E-state index contributed by atoms with van der Waals surface area (Å²) in [6, 6.07) is 5.37. The third kappa shape index (κ3) is 3.52. The van der Waals surface area contributed by atoms with Crippen LogP contribution in [-0.4, -0.2) is 11.5 Å². The Morgan fingerprint density at radius 2 is 2.05 bits per heavy atom. The van der Waals surface area contributed by atoms with E-state index >= 15 is 0 Å². The lowest BCUT2D eigenvalue weighted by Crippen LogP contribution is -2.03. The van der Waals surface area contributed by atoms with Gasteiger partial charge in [-0.15, -0.1) is 0 Å². The lowest BCUT2D eigenvalue weighted by molar-refractivity contribution is 0.577. The van der Waals surface area contributed by atoms with E-state index in [2.05, 4.69) is 4.98 Å². The Morgan fingerprint density at radius 3 is 2.74 bits per heavy atom. The van der Waals surface area contributed by atoms with Crippen LogP contribution in [0, 0.1) is 18.6 Å². The standard InChI is InChI=1S/C14H14F2N2S/c1-9-6-10(4-5-17)8-18-14(9)19-13-7-11(15)2-3-12(13)16/h2-3,6-8H,4-5,17H2,1H3. The summed E-state index contributed by atoms with van der Waals surface area (Å²) in [5.74, 6) is -0.903. The molecule has 0 bridgehead atoms. The molecule has 0 unspecified atom stereocenters. The van der Waals surface area contributed by atoms with Gasteiger partial charge in [-0.2, -0.15) is 0 Å². The number of hydrogen-bond acceptors (Lipinski definition) is 3. The fourth-order valence-electron chi connectivity index (χ4n) is 1.69. The Bertz CT molecular complexity index is 588. The SMILES string of the molecule is Cc1cc(CCN)cnc1Sc1cc(F)ccc1F. The van der Waals surface area contributed by atoms with Crippen LogP contribution in [0.2, 0.25) is 0 Å². The number of nitrogens with two attached hydrogens (primary N) is 1. The summed E-state index contributed by atoms with van der Waals surface area (Å²) in [5, 5.41) is 0.672. The minimum absolute atomic E-state index is 0.238. The van der Waals surface area contributed by atoms with E-state index in [1.165, 1.54) is 6.07 Å². The second kappa shape index (κ2) is 6.12. The van der Waals surface area contributed by atoms with Crippen LogP contribution in [0.5, 0.6) is 0 Å². The molecule has 2 rings (SSSR count). The van der Waals surface area contributed by atoms with Crippen molar-refractivity contribution < 1.29 is 8.78 Å². The second-order valence-corrected chi connectivity index (χ2v) is 5.21. The second-order valence-electron chi connectivity index (χ2n) is 4.18. The fraction of sp³-hybridized carbons (Fsp3) is 0.214. The van der Waals surface area contributed by atoms with E-state index < -0.39 is 11.6 Å². The largest absolute Gasteiger partial charge is 0.330 e. The van der Waals surface area contributed by atoms with Gasteiger partial charge in [-0.05, 0) is 49.2 Å². The van der Waals surface area contributed by atoms with E-state index in [9.17, 15) is 8.78 Å². The van der Waals surface area contributed by atoms with Crippen LogP contribution in [0.15, 0.2) is 40.4 Å². The van der Waals surface area contributed by atoms with Crippen LogP contribution >= 0.6 is 11.8 Å². The predicted molar refractivity (Wildman–Crippen MR) is 72.2 cm³/mol. The quantitative estimate of drug-likeness (QED) is 0.933. The highest BCUT2D eigenvalue weighted by Gasteiger charge is 2.09. The summed E-state index contributed by atoms with van der Waals surface area (Å²) in [7, 11) is 0. The van der Waals surface area contributed by atoms with Crippen LogP contribution in [-0.2, 0) is 6.42 Å². The third-order valence-corrected chi connectivity index (χ3v) is 3.77. The van der Waals surface area contributed by atoms with Crippen molar-refractivity contribution in [2.45, 2.75) is 23.3 Å². The van der Waals surface area contributed by atoms with Crippen molar-refractivity contribution in [1.29, 1.82) is 0 Å². The lowest BCUT2D eigenvalue weighted by Gasteiger charge is -2.07. The molecule has 5 heteroatoms. The Morgan fingerprint density at radius 1 is 1.26 bits per heavy atom. The van der Waals surface area contributed by atoms with Gasteiger partial charge in [0.25, 0.3) is 0 Å². The molecule has 0 fully saturated rings. The number of halogens is 2. The van der Waals surface area contributed by atoms with Crippen LogP contribution in [0.25, 0.3) is 0 Å². The van der Waals surface area contributed by atoms with Gasteiger partial charge in [-0.3, -0.25) is 0 Å². The molecule has 19 heavy (non-hydrogen) atoms. The number of benzene rings is 1. The van der Waals surface area contributed by atoms with Gasteiger partial charge in [-0.1, -0.05) is 17.8 Å². The molecular weight excluding hydrogens is 266 g/mol. The van der Waals surface area contributed by atoms with Crippen LogP contribution in [0.1, 0.15) is 11.1 Å². The normalized spacial score (nSPS) is 10.7. The molecule has 0 aliphatic heterocycles. The van der Waals surface area contributed by atoms with E-state index in [1.54, 1.807) is 6.20 Å². The first-order chi connectivity index (χ1) is 9.10. The molecule has 0 amide bonds. The Kier molecular flexibility index (Phi) is 4.50. The first-order valence-electron chi connectivity index (χ1n) is 5.88. The highest BCUT2D eigenvalue weighted by Crippen LogP contribution is 2.31. The number of hydrogen-bond donors (Lipinski definition) is 1. The van der Waals surface area contributed by atoms with Gasteiger partial charge in [0.1, 0.15) is 16.7 Å². The monoisotopic (exact) mass is 280 g/mol. The van der Waals surface area contributed by atoms with Crippen molar-refractivity contribution in [3.05, 3.63) is 53.2 Å². The van der Waals surface area contributed by atoms with Crippen molar-refractivity contribution in [1.82, 2.24) is 4.98 Å². The van der Waals surface area contributed by atoms with Gasteiger partial charge in [0.2, 0.25) is 0 Å². The lowest BCUT2D eigenvalue weighted by atomic mass is 10.2. The van der Waals surface area contributed by atoms with Crippen LogP contribution in [0.4, 0.5) is 8.78 Å². The average molecular weight is 280 g/mol. The number of rotatable bonds is 4. The van der Waals surface area contributed by atoms with Gasteiger partial charge >= 0.3 is 0 Å². The molecule has 1 aromatic heterocycles. The average Bonchev–Trinajstić information content (AvgIpc) is 2.37. The summed E-state index contributed by atoms with van der Waals surface area (Å²) in [6.07, 6.45) is 2.48. The smallest absolute Gasteiger partial charge is 0.137 e. The van der Waals surface area contributed by atoms with Gasteiger partial charge < -0.3 is 5.73 Å². The maximum Gasteiger partial charge on any atom is 0.137 e. The Labute approximate surface area is 115 Å². The molecule has 100 valence electrons. The zero-order valence-electron chi connectivity index (χ0n) is 10.5. The Hall–Kier alpha value is -1.46.